The number of nitrogens with one attached hydrogen (secondary N) is 2. The summed E-state index contributed by atoms with van der Waals surface area (Å²) in [6.45, 7) is 4.50. The first-order valence-electron chi connectivity index (χ1n) is 10.0. The highest BCUT2D eigenvalue weighted by Gasteiger charge is 2.41. The van der Waals surface area contributed by atoms with Gasteiger partial charge in [-0.15, -0.1) is 0 Å². The highest BCUT2D eigenvalue weighted by atomic mass is 19.1. The second-order valence-electron chi connectivity index (χ2n) is 8.34. The van der Waals surface area contributed by atoms with Crippen LogP contribution in [0.1, 0.15) is 35.8 Å². The average molecular weight is 418 g/mol. The highest BCUT2D eigenvalue weighted by molar-refractivity contribution is 5.93. The van der Waals surface area contributed by atoms with E-state index in [0.717, 1.165) is 12.3 Å². The fourth-order valence-corrected chi connectivity index (χ4v) is 4.26. The summed E-state index contributed by atoms with van der Waals surface area (Å²) in [4.78, 5) is 31.9. The van der Waals surface area contributed by atoms with Gasteiger partial charge in [0.2, 0.25) is 5.91 Å². The molecule has 3 rings (SSSR count). The lowest BCUT2D eigenvalue weighted by molar-refractivity contribution is -0.136. The first-order chi connectivity index (χ1) is 14.2. The molecule has 1 aromatic heterocycles. The number of nitrogens with zero attached hydrogens (tertiary/aromatic N) is 2. The predicted octanol–water partition coefficient (Wildman–Crippen LogP) is 2.60. The summed E-state index contributed by atoms with van der Waals surface area (Å²) in [5.74, 6) is -1.79. The van der Waals surface area contributed by atoms with E-state index in [4.69, 9.17) is 0 Å². The van der Waals surface area contributed by atoms with Crippen molar-refractivity contribution in [2.45, 2.75) is 31.8 Å². The van der Waals surface area contributed by atoms with Crippen LogP contribution in [0.5, 0.6) is 0 Å². The number of hydrogen-bond acceptors (Lipinski definition) is 3. The minimum Gasteiger partial charge on any atom is -0.355 e. The van der Waals surface area contributed by atoms with Crippen LogP contribution < -0.4 is 5.32 Å². The Morgan fingerprint density at radius 3 is 2.47 bits per heavy atom. The average Bonchev–Trinajstić information content (AvgIpc) is 3.28. The van der Waals surface area contributed by atoms with Gasteiger partial charge in [-0.2, -0.15) is 0 Å². The van der Waals surface area contributed by atoms with Crippen molar-refractivity contribution in [1.29, 1.82) is 0 Å². The largest absolute Gasteiger partial charge is 0.355 e. The molecule has 1 aromatic carbocycles. The molecule has 0 radical (unpaired) electrons. The molecule has 0 unspecified atom stereocenters. The third kappa shape index (κ3) is 4.53. The van der Waals surface area contributed by atoms with Crippen LogP contribution in [0.3, 0.4) is 0 Å². The number of aromatic amines is 1. The minimum absolute atomic E-state index is 0.0565. The van der Waals surface area contributed by atoms with Crippen LogP contribution in [0.4, 0.5) is 8.78 Å². The third-order valence-electron chi connectivity index (χ3n) is 5.59. The number of carbonyl (C=O) groups is 2. The van der Waals surface area contributed by atoms with E-state index in [-0.39, 0.29) is 35.9 Å². The standard InChI is InChI=1S/C22H28F2N4O2/c1-13(2)20(27(3)4)22(30)28-11-16(15-7-5-6-8-17(15)24)19(12-28)26-21(29)18-9-14(23)10-25-18/h5-10,13,16,19-20,25H,11-12H2,1-4H3,(H,26,29)/t16-,19+,20-/m0/s1. The SMILES string of the molecule is CC(C)[C@@H](C(=O)N1C[C@@H](NC(=O)c2cc(F)c[nH]2)[C@H](c2ccccc2F)C1)N(C)C. The molecule has 2 heterocycles. The molecule has 0 saturated carbocycles. The smallest absolute Gasteiger partial charge is 0.268 e. The van der Waals surface area contributed by atoms with E-state index in [1.807, 2.05) is 32.8 Å². The van der Waals surface area contributed by atoms with Crippen molar-refractivity contribution < 1.29 is 18.4 Å². The first kappa shape index (κ1) is 22.0. The van der Waals surface area contributed by atoms with Gasteiger partial charge in [-0.1, -0.05) is 32.0 Å². The van der Waals surface area contributed by atoms with E-state index in [2.05, 4.69) is 10.3 Å². The van der Waals surface area contributed by atoms with Crippen molar-refractivity contribution in [2.24, 2.45) is 5.92 Å². The maximum absolute atomic E-state index is 14.5. The Hall–Kier alpha value is -2.74. The zero-order chi connectivity index (χ0) is 22.0. The summed E-state index contributed by atoms with van der Waals surface area (Å²) in [5.41, 5.74) is 0.527. The van der Waals surface area contributed by atoms with Crippen LogP contribution in [-0.4, -0.2) is 65.9 Å². The Labute approximate surface area is 175 Å². The lowest BCUT2D eigenvalue weighted by Crippen LogP contribution is -2.49. The summed E-state index contributed by atoms with van der Waals surface area (Å²) < 4.78 is 27.8. The molecule has 6 nitrogen and oxygen atoms in total. The maximum Gasteiger partial charge on any atom is 0.268 e. The second kappa shape index (κ2) is 8.95. The van der Waals surface area contributed by atoms with Crippen molar-refractivity contribution >= 4 is 11.8 Å². The van der Waals surface area contributed by atoms with Crippen LogP contribution in [0, 0.1) is 17.6 Å². The second-order valence-corrected chi connectivity index (χ2v) is 8.34. The number of amides is 2. The van der Waals surface area contributed by atoms with E-state index in [0.29, 0.717) is 12.1 Å². The quantitative estimate of drug-likeness (QED) is 0.758. The molecule has 2 N–H and O–H groups in total. The van der Waals surface area contributed by atoms with E-state index in [1.165, 1.54) is 6.07 Å². The van der Waals surface area contributed by atoms with Gasteiger partial charge in [0, 0.05) is 31.3 Å². The van der Waals surface area contributed by atoms with E-state index < -0.39 is 23.7 Å². The molecular formula is C22H28F2N4O2. The summed E-state index contributed by atoms with van der Waals surface area (Å²) in [7, 11) is 3.71. The Bertz CT molecular complexity index is 904. The van der Waals surface area contributed by atoms with Gasteiger partial charge in [0.15, 0.2) is 0 Å². The topological polar surface area (TPSA) is 68.4 Å². The highest BCUT2D eigenvalue weighted by Crippen LogP contribution is 2.31. The van der Waals surface area contributed by atoms with Crippen LogP contribution in [0.2, 0.25) is 0 Å². The number of likely N-dealkylation sites (tertiary alicyclic amines) is 1. The van der Waals surface area contributed by atoms with Crippen LogP contribution in [0.25, 0.3) is 0 Å². The molecule has 8 heteroatoms. The third-order valence-corrected chi connectivity index (χ3v) is 5.59. The first-order valence-corrected chi connectivity index (χ1v) is 10.0. The molecule has 2 aromatic rings. The number of H-pyrrole nitrogens is 1. The van der Waals surface area contributed by atoms with Gasteiger partial charge in [0.25, 0.3) is 5.91 Å². The van der Waals surface area contributed by atoms with Crippen molar-refractivity contribution in [3.63, 3.8) is 0 Å². The molecule has 1 fully saturated rings. The number of aromatic nitrogens is 1. The Morgan fingerprint density at radius 1 is 1.20 bits per heavy atom. The molecule has 0 spiro atoms. The lowest BCUT2D eigenvalue weighted by Gasteiger charge is -2.31. The van der Waals surface area contributed by atoms with Gasteiger partial charge >= 0.3 is 0 Å². The van der Waals surface area contributed by atoms with Crippen molar-refractivity contribution in [3.05, 3.63) is 59.4 Å². The van der Waals surface area contributed by atoms with Gasteiger partial charge in [0.1, 0.15) is 17.3 Å². The number of rotatable bonds is 6. The monoisotopic (exact) mass is 418 g/mol. The zero-order valence-corrected chi connectivity index (χ0v) is 17.7. The molecule has 2 amide bonds. The molecule has 1 aliphatic heterocycles. The molecule has 0 aliphatic carbocycles. The molecule has 162 valence electrons. The van der Waals surface area contributed by atoms with E-state index >= 15 is 0 Å². The van der Waals surface area contributed by atoms with Gasteiger partial charge in [-0.25, -0.2) is 8.78 Å². The van der Waals surface area contributed by atoms with E-state index in [9.17, 15) is 18.4 Å². The fraction of sp³-hybridized carbons (Fsp3) is 0.455. The summed E-state index contributed by atoms with van der Waals surface area (Å²) in [6.07, 6.45) is 1.10. The lowest BCUT2D eigenvalue weighted by atomic mass is 9.93. The normalized spacial score (nSPS) is 20.1. The fourth-order valence-electron chi connectivity index (χ4n) is 4.26. The van der Waals surface area contributed by atoms with Crippen molar-refractivity contribution in [3.8, 4) is 0 Å². The van der Waals surface area contributed by atoms with Gasteiger partial charge in [-0.3, -0.25) is 14.5 Å². The van der Waals surface area contributed by atoms with Gasteiger partial charge in [-0.05, 0) is 31.6 Å². The molecular weight excluding hydrogens is 390 g/mol. The number of hydrogen-bond donors (Lipinski definition) is 2. The minimum atomic E-state index is -0.542. The van der Waals surface area contributed by atoms with Gasteiger partial charge < -0.3 is 15.2 Å². The Kier molecular flexibility index (Phi) is 6.55. The van der Waals surface area contributed by atoms with E-state index in [1.54, 1.807) is 23.1 Å². The Morgan fingerprint density at radius 2 is 1.90 bits per heavy atom. The molecule has 0 bridgehead atoms. The molecule has 30 heavy (non-hydrogen) atoms. The number of benzene rings is 1. The van der Waals surface area contributed by atoms with Crippen molar-refractivity contribution in [2.75, 3.05) is 27.2 Å². The zero-order valence-electron chi connectivity index (χ0n) is 17.7. The number of halogens is 2. The van der Waals surface area contributed by atoms with Crippen LogP contribution in [-0.2, 0) is 4.79 Å². The van der Waals surface area contributed by atoms with Crippen LogP contribution in [0.15, 0.2) is 36.5 Å². The Balaban J connectivity index is 1.87. The molecule has 3 atom stereocenters. The summed E-state index contributed by atoms with van der Waals surface area (Å²) in [6, 6.07) is 6.67. The molecule has 1 aliphatic rings. The number of carbonyl (C=O) groups excluding carboxylic acids is 2. The predicted molar refractivity (Wildman–Crippen MR) is 110 cm³/mol. The van der Waals surface area contributed by atoms with Crippen LogP contribution >= 0.6 is 0 Å². The summed E-state index contributed by atoms with van der Waals surface area (Å²) in [5, 5.41) is 2.86. The van der Waals surface area contributed by atoms with Crippen molar-refractivity contribution in [1.82, 2.24) is 20.1 Å². The maximum atomic E-state index is 14.5. The van der Waals surface area contributed by atoms with Gasteiger partial charge in [0.05, 0.1) is 12.1 Å². The molecule has 1 saturated heterocycles. The summed E-state index contributed by atoms with van der Waals surface area (Å²) >= 11 is 0. The number of likely N-dealkylation sites (N-methyl/N-ethyl adjacent to an activating group) is 1.